The summed E-state index contributed by atoms with van der Waals surface area (Å²) in [5, 5.41) is 7.18. The minimum absolute atomic E-state index is 0.569. The number of aromatic nitrogens is 5. The molecule has 58 heavy (non-hydrogen) atoms. The molecule has 5 nitrogen and oxygen atoms in total. The average Bonchev–Trinajstić information content (AvgIpc) is 3.86. The predicted octanol–water partition coefficient (Wildman–Crippen LogP) is 13.3. The fourth-order valence-electron chi connectivity index (χ4n) is 8.92. The van der Waals surface area contributed by atoms with Gasteiger partial charge in [0.25, 0.3) is 0 Å². The highest BCUT2D eigenvalue weighted by Gasteiger charge is 2.22. The van der Waals surface area contributed by atoms with Gasteiger partial charge >= 0.3 is 0 Å². The molecule has 0 fully saturated rings. The molecule has 0 radical (unpaired) electrons. The largest absolute Gasteiger partial charge is 0.309 e. The Morgan fingerprint density at radius 3 is 1.45 bits per heavy atom. The van der Waals surface area contributed by atoms with Gasteiger partial charge in [0, 0.05) is 43.4 Å². The van der Waals surface area contributed by atoms with Crippen molar-refractivity contribution in [3.63, 3.8) is 0 Å². The zero-order valence-electron chi connectivity index (χ0n) is 31.3. The van der Waals surface area contributed by atoms with E-state index in [0.29, 0.717) is 17.6 Å². The molecule has 4 heterocycles. The van der Waals surface area contributed by atoms with Gasteiger partial charge in [0.1, 0.15) is 0 Å². The van der Waals surface area contributed by atoms with E-state index >= 15 is 0 Å². The molecular formula is C53H33N5. The Labute approximate surface area is 333 Å². The van der Waals surface area contributed by atoms with E-state index in [1.54, 1.807) is 0 Å². The van der Waals surface area contributed by atoms with E-state index in [1.807, 2.05) is 12.1 Å². The molecule has 0 spiro atoms. The Bertz CT molecular complexity index is 3460. The van der Waals surface area contributed by atoms with Crippen LogP contribution in [0.15, 0.2) is 200 Å². The van der Waals surface area contributed by atoms with E-state index in [1.165, 1.54) is 43.5 Å². The Morgan fingerprint density at radius 2 is 0.793 bits per heavy atom. The van der Waals surface area contributed by atoms with Gasteiger partial charge in [0.05, 0.1) is 27.6 Å². The van der Waals surface area contributed by atoms with E-state index in [0.717, 1.165) is 49.8 Å². The number of hydrogen-bond donors (Lipinski definition) is 0. The van der Waals surface area contributed by atoms with Crippen LogP contribution in [0.4, 0.5) is 0 Å². The molecular weight excluding hydrogens is 707 g/mol. The van der Waals surface area contributed by atoms with Crippen molar-refractivity contribution in [3.8, 4) is 51.0 Å². The Hall–Kier alpha value is -7.89. The number of fused-ring (bicyclic) bond motifs is 12. The highest BCUT2D eigenvalue weighted by atomic mass is 15.2. The summed E-state index contributed by atoms with van der Waals surface area (Å²) in [6.07, 6.45) is 0. The average molecular weight is 740 g/mol. The zero-order valence-corrected chi connectivity index (χ0v) is 31.3. The SMILES string of the molecule is c1ccc(-c2cccc(-c3nc(-c4cccc(-c5ccccc5)c4)nc(-n4c5ccccc5c5c6c7ccccc7n7c8ccccc8cc7c6ccc54)n3)c2)cc1. The van der Waals surface area contributed by atoms with Gasteiger partial charge in [-0.3, -0.25) is 4.57 Å². The van der Waals surface area contributed by atoms with Crippen LogP contribution in [0.5, 0.6) is 0 Å². The van der Waals surface area contributed by atoms with Crippen LogP contribution in [-0.2, 0) is 0 Å². The Balaban J connectivity index is 1.16. The Morgan fingerprint density at radius 1 is 0.293 bits per heavy atom. The molecule has 270 valence electrons. The zero-order chi connectivity index (χ0) is 38.2. The number of benzene rings is 8. The van der Waals surface area contributed by atoms with Crippen LogP contribution >= 0.6 is 0 Å². The number of nitrogens with zero attached hydrogens (tertiary/aromatic N) is 5. The molecule has 8 aromatic carbocycles. The quantitative estimate of drug-likeness (QED) is 0.165. The summed E-state index contributed by atoms with van der Waals surface area (Å²) >= 11 is 0. The van der Waals surface area contributed by atoms with E-state index in [-0.39, 0.29) is 0 Å². The van der Waals surface area contributed by atoms with Crippen LogP contribution in [0.1, 0.15) is 0 Å². The second kappa shape index (κ2) is 12.8. The molecule has 0 saturated carbocycles. The molecule has 0 atom stereocenters. The first-order valence-corrected chi connectivity index (χ1v) is 19.6. The fourth-order valence-corrected chi connectivity index (χ4v) is 8.92. The van der Waals surface area contributed by atoms with Gasteiger partial charge in [0.15, 0.2) is 11.6 Å². The molecule has 0 aliphatic carbocycles. The van der Waals surface area contributed by atoms with Crippen LogP contribution < -0.4 is 0 Å². The van der Waals surface area contributed by atoms with Crippen LogP contribution in [0.3, 0.4) is 0 Å². The summed E-state index contributed by atoms with van der Waals surface area (Å²) in [6.45, 7) is 0. The third kappa shape index (κ3) is 5.00. The smallest absolute Gasteiger partial charge is 0.238 e. The molecule has 5 heteroatoms. The molecule has 0 N–H and O–H groups in total. The third-order valence-corrected chi connectivity index (χ3v) is 11.5. The van der Waals surface area contributed by atoms with Crippen molar-refractivity contribution >= 4 is 59.9 Å². The molecule has 0 amide bonds. The number of pyridine rings is 1. The van der Waals surface area contributed by atoms with Crippen molar-refractivity contribution in [2.45, 2.75) is 0 Å². The van der Waals surface area contributed by atoms with E-state index in [9.17, 15) is 0 Å². The van der Waals surface area contributed by atoms with Crippen molar-refractivity contribution in [2.24, 2.45) is 0 Å². The molecule has 0 unspecified atom stereocenters. The van der Waals surface area contributed by atoms with Crippen LogP contribution in [-0.4, -0.2) is 23.9 Å². The summed E-state index contributed by atoms with van der Waals surface area (Å²) < 4.78 is 4.64. The van der Waals surface area contributed by atoms with E-state index < -0.39 is 0 Å². The number of rotatable bonds is 5. The third-order valence-electron chi connectivity index (χ3n) is 11.5. The highest BCUT2D eigenvalue weighted by Crippen LogP contribution is 2.42. The molecule has 12 aromatic rings. The monoisotopic (exact) mass is 739 g/mol. The summed E-state index contributed by atoms with van der Waals surface area (Å²) in [6, 6.07) is 70.8. The van der Waals surface area contributed by atoms with Crippen molar-refractivity contribution in [3.05, 3.63) is 200 Å². The maximum absolute atomic E-state index is 5.35. The van der Waals surface area contributed by atoms with Crippen LogP contribution in [0.2, 0.25) is 0 Å². The molecule has 12 rings (SSSR count). The minimum Gasteiger partial charge on any atom is -0.309 e. The van der Waals surface area contributed by atoms with E-state index in [2.05, 4.69) is 197 Å². The predicted molar refractivity (Wildman–Crippen MR) is 239 cm³/mol. The van der Waals surface area contributed by atoms with Gasteiger partial charge in [0.2, 0.25) is 5.95 Å². The van der Waals surface area contributed by atoms with Crippen molar-refractivity contribution in [1.29, 1.82) is 0 Å². The topological polar surface area (TPSA) is 48.0 Å². The van der Waals surface area contributed by atoms with Crippen LogP contribution in [0, 0.1) is 0 Å². The molecule has 0 saturated heterocycles. The highest BCUT2D eigenvalue weighted by molar-refractivity contribution is 6.31. The maximum Gasteiger partial charge on any atom is 0.238 e. The van der Waals surface area contributed by atoms with Crippen molar-refractivity contribution < 1.29 is 0 Å². The lowest BCUT2D eigenvalue weighted by Gasteiger charge is -2.13. The second-order valence-corrected chi connectivity index (χ2v) is 14.9. The normalized spacial score (nSPS) is 11.8. The fraction of sp³-hybridized carbons (Fsp3) is 0. The van der Waals surface area contributed by atoms with Gasteiger partial charge in [-0.25, -0.2) is 4.98 Å². The van der Waals surface area contributed by atoms with Gasteiger partial charge in [-0.2, -0.15) is 9.97 Å². The lowest BCUT2D eigenvalue weighted by atomic mass is 9.99. The van der Waals surface area contributed by atoms with Gasteiger partial charge in [-0.15, -0.1) is 0 Å². The number of hydrogen-bond acceptors (Lipinski definition) is 3. The van der Waals surface area contributed by atoms with E-state index in [4.69, 9.17) is 15.0 Å². The van der Waals surface area contributed by atoms with Gasteiger partial charge in [-0.1, -0.05) is 158 Å². The summed E-state index contributed by atoms with van der Waals surface area (Å²) in [5.41, 5.74) is 12.0. The second-order valence-electron chi connectivity index (χ2n) is 14.9. The van der Waals surface area contributed by atoms with Gasteiger partial charge < -0.3 is 4.40 Å². The molecule has 0 aliphatic heterocycles. The first-order chi connectivity index (χ1) is 28.8. The lowest BCUT2D eigenvalue weighted by molar-refractivity contribution is 0.954. The molecule has 0 bridgehead atoms. The summed E-state index contributed by atoms with van der Waals surface area (Å²) in [4.78, 5) is 15.9. The standard InChI is InChI=1S/C53H33N5/c1-3-15-34(16-4-1)36-20-13-22-39(31-36)51-54-52(40-23-14-21-37(32-40)35-17-5-2-6-18-35)56-53(55-51)58-46-28-12-9-25-42(46)50-47(58)30-29-43-48-33-38-19-7-10-26-44(38)57(48)45-27-11-8-24-41(45)49(43)50/h1-33H. The van der Waals surface area contributed by atoms with Gasteiger partial charge in [-0.05, 0) is 64.7 Å². The van der Waals surface area contributed by atoms with Crippen LogP contribution in [0.25, 0.3) is 111 Å². The summed E-state index contributed by atoms with van der Waals surface area (Å²) in [7, 11) is 0. The Kier molecular flexibility index (Phi) is 7.16. The molecule has 0 aliphatic rings. The van der Waals surface area contributed by atoms with Crippen molar-refractivity contribution in [1.82, 2.24) is 23.9 Å². The number of para-hydroxylation sites is 3. The van der Waals surface area contributed by atoms with Crippen molar-refractivity contribution in [2.75, 3.05) is 0 Å². The first-order valence-electron chi connectivity index (χ1n) is 19.6. The minimum atomic E-state index is 0.569. The maximum atomic E-state index is 5.35. The molecule has 4 aromatic heterocycles. The lowest BCUT2D eigenvalue weighted by Crippen LogP contribution is -2.06. The summed E-state index contributed by atoms with van der Waals surface area (Å²) in [5.74, 6) is 1.79. The first kappa shape index (κ1) is 32.4.